The van der Waals surface area contributed by atoms with Gasteiger partial charge in [0.1, 0.15) is 16.8 Å². The summed E-state index contributed by atoms with van der Waals surface area (Å²) in [5.74, 6) is -1.91. The van der Waals surface area contributed by atoms with Crippen LogP contribution in [0.2, 0.25) is 10.0 Å². The second-order valence-electron chi connectivity index (χ2n) is 8.02. The number of sulfonamides is 1. The number of amides is 2. The molecule has 0 radical (unpaired) electrons. The van der Waals surface area contributed by atoms with Gasteiger partial charge in [-0.05, 0) is 61.4 Å². The quantitative estimate of drug-likeness (QED) is 0.463. The van der Waals surface area contributed by atoms with Crippen molar-refractivity contribution in [3.8, 4) is 0 Å². The van der Waals surface area contributed by atoms with E-state index in [2.05, 4.69) is 10.6 Å². The third-order valence-corrected chi connectivity index (χ3v) is 8.53. The Labute approximate surface area is 211 Å². The monoisotopic (exact) mass is 535 g/mol. The fourth-order valence-corrected chi connectivity index (χ4v) is 6.20. The summed E-state index contributed by atoms with van der Waals surface area (Å²) in [5.41, 5.74) is 1.62. The van der Waals surface area contributed by atoms with Crippen molar-refractivity contribution in [1.82, 2.24) is 0 Å². The zero-order valence-corrected chi connectivity index (χ0v) is 20.9. The standard InChI is InChI=1S/C24H20Cl2FN3O4S/c1-13-7-8-15(27)11-18(13)28-22(31)12-20-24(32)29-17-5-3-4-6-19(17)30(20)35(33,34)21-10-9-16(25)14(2)23(21)26/h3-11,20H,12H2,1-2H3,(H,28,31)(H,29,32). The predicted molar refractivity (Wildman–Crippen MR) is 134 cm³/mol. The Balaban J connectivity index is 1.77. The highest BCUT2D eigenvalue weighted by Gasteiger charge is 2.43. The molecule has 182 valence electrons. The highest BCUT2D eigenvalue weighted by atomic mass is 35.5. The topological polar surface area (TPSA) is 95.6 Å². The molecule has 1 atom stereocenters. The van der Waals surface area contributed by atoms with Crippen LogP contribution in [-0.4, -0.2) is 26.3 Å². The van der Waals surface area contributed by atoms with Crippen molar-refractivity contribution >= 4 is 62.1 Å². The van der Waals surface area contributed by atoms with Crippen LogP contribution in [0.25, 0.3) is 0 Å². The highest BCUT2D eigenvalue weighted by molar-refractivity contribution is 7.93. The summed E-state index contributed by atoms with van der Waals surface area (Å²) >= 11 is 12.4. The number of nitrogens with zero attached hydrogens (tertiary/aromatic N) is 1. The fourth-order valence-electron chi connectivity index (χ4n) is 3.78. The van der Waals surface area contributed by atoms with Gasteiger partial charge in [-0.2, -0.15) is 0 Å². The van der Waals surface area contributed by atoms with Gasteiger partial charge in [-0.1, -0.05) is 41.4 Å². The molecular weight excluding hydrogens is 516 g/mol. The molecule has 0 aliphatic carbocycles. The Morgan fingerprint density at radius 2 is 1.83 bits per heavy atom. The van der Waals surface area contributed by atoms with Gasteiger partial charge in [0.15, 0.2) is 0 Å². The lowest BCUT2D eigenvalue weighted by molar-refractivity contribution is -0.122. The van der Waals surface area contributed by atoms with Crippen molar-refractivity contribution in [2.24, 2.45) is 0 Å². The number of hydrogen-bond donors (Lipinski definition) is 2. The zero-order valence-electron chi connectivity index (χ0n) is 18.6. The molecule has 1 heterocycles. The lowest BCUT2D eigenvalue weighted by atomic mass is 10.1. The van der Waals surface area contributed by atoms with Crippen molar-refractivity contribution in [2.45, 2.75) is 31.2 Å². The summed E-state index contributed by atoms with van der Waals surface area (Å²) in [4.78, 5) is 25.7. The van der Waals surface area contributed by atoms with Gasteiger partial charge in [-0.3, -0.25) is 13.9 Å². The Morgan fingerprint density at radius 3 is 2.57 bits per heavy atom. The van der Waals surface area contributed by atoms with Crippen molar-refractivity contribution in [3.05, 3.63) is 81.6 Å². The Bertz CT molecular complexity index is 1460. The maximum absolute atomic E-state index is 13.9. The first-order valence-corrected chi connectivity index (χ1v) is 12.6. The van der Waals surface area contributed by atoms with Crippen molar-refractivity contribution in [3.63, 3.8) is 0 Å². The van der Waals surface area contributed by atoms with Crippen LogP contribution in [0.15, 0.2) is 59.5 Å². The van der Waals surface area contributed by atoms with E-state index in [0.29, 0.717) is 11.1 Å². The second-order valence-corrected chi connectivity index (χ2v) is 10.6. The number of nitrogens with one attached hydrogen (secondary N) is 2. The number of para-hydroxylation sites is 2. The zero-order chi connectivity index (χ0) is 25.5. The summed E-state index contributed by atoms with van der Waals surface area (Å²) in [6, 6.07) is 11.4. The molecule has 3 aromatic carbocycles. The van der Waals surface area contributed by atoms with Crippen LogP contribution < -0.4 is 14.9 Å². The number of aryl methyl sites for hydroxylation is 1. The van der Waals surface area contributed by atoms with Gasteiger partial charge in [-0.25, -0.2) is 12.8 Å². The second kappa shape index (κ2) is 9.49. The van der Waals surface area contributed by atoms with Gasteiger partial charge >= 0.3 is 0 Å². The van der Waals surface area contributed by atoms with Crippen LogP contribution in [0, 0.1) is 19.7 Å². The molecule has 11 heteroatoms. The molecule has 2 amide bonds. The van der Waals surface area contributed by atoms with Crippen LogP contribution in [-0.2, 0) is 19.6 Å². The molecular formula is C24H20Cl2FN3O4S. The van der Waals surface area contributed by atoms with Gasteiger partial charge in [0.05, 0.1) is 22.8 Å². The molecule has 4 rings (SSSR count). The van der Waals surface area contributed by atoms with Crippen molar-refractivity contribution in [1.29, 1.82) is 0 Å². The third-order valence-electron chi connectivity index (χ3n) is 5.66. The first-order chi connectivity index (χ1) is 16.5. The molecule has 1 aliphatic rings. The molecule has 0 spiro atoms. The molecule has 0 saturated carbocycles. The number of fused-ring (bicyclic) bond motifs is 1. The lowest BCUT2D eigenvalue weighted by Gasteiger charge is -2.37. The Kier molecular flexibility index (Phi) is 6.77. The molecule has 1 aliphatic heterocycles. The van der Waals surface area contributed by atoms with Gasteiger partial charge in [0.2, 0.25) is 11.8 Å². The minimum absolute atomic E-state index is 0.0838. The predicted octanol–water partition coefficient (Wildman–Crippen LogP) is 5.29. The average molecular weight is 536 g/mol. The summed E-state index contributed by atoms with van der Waals surface area (Å²) in [7, 11) is -4.42. The number of hydrogen-bond acceptors (Lipinski definition) is 4. The van der Waals surface area contributed by atoms with Gasteiger partial charge in [0, 0.05) is 10.7 Å². The van der Waals surface area contributed by atoms with Gasteiger partial charge < -0.3 is 10.6 Å². The lowest BCUT2D eigenvalue weighted by Crippen LogP contribution is -2.52. The van der Waals surface area contributed by atoms with E-state index >= 15 is 0 Å². The van der Waals surface area contributed by atoms with Crippen LogP contribution in [0.4, 0.5) is 21.5 Å². The fraction of sp³-hybridized carbons (Fsp3) is 0.167. The number of halogens is 3. The summed E-state index contributed by atoms with van der Waals surface area (Å²) < 4.78 is 42.3. The summed E-state index contributed by atoms with van der Waals surface area (Å²) in [6.45, 7) is 3.26. The van der Waals surface area contributed by atoms with E-state index in [4.69, 9.17) is 23.2 Å². The van der Waals surface area contributed by atoms with Crippen LogP contribution in [0.3, 0.4) is 0 Å². The Morgan fingerprint density at radius 1 is 1.11 bits per heavy atom. The van der Waals surface area contributed by atoms with E-state index in [1.165, 1.54) is 30.3 Å². The minimum atomic E-state index is -4.42. The van der Waals surface area contributed by atoms with Crippen molar-refractivity contribution < 1.29 is 22.4 Å². The van der Waals surface area contributed by atoms with Crippen LogP contribution in [0.5, 0.6) is 0 Å². The van der Waals surface area contributed by atoms with E-state index in [1.807, 2.05) is 0 Å². The normalized spacial score (nSPS) is 15.4. The maximum atomic E-state index is 13.9. The summed E-state index contributed by atoms with van der Waals surface area (Å²) in [5, 5.41) is 5.41. The third kappa shape index (κ3) is 4.71. The van der Waals surface area contributed by atoms with Crippen molar-refractivity contribution in [2.75, 3.05) is 14.9 Å². The highest BCUT2D eigenvalue weighted by Crippen LogP contribution is 2.40. The van der Waals surface area contributed by atoms with E-state index in [9.17, 15) is 22.4 Å². The number of rotatable bonds is 5. The van der Waals surface area contributed by atoms with Gasteiger partial charge in [-0.15, -0.1) is 0 Å². The molecule has 0 bridgehead atoms. The molecule has 1 unspecified atom stereocenters. The smallest absolute Gasteiger partial charge is 0.266 e. The van der Waals surface area contributed by atoms with Crippen LogP contribution >= 0.6 is 23.2 Å². The first kappa shape index (κ1) is 25.0. The van der Waals surface area contributed by atoms with E-state index in [-0.39, 0.29) is 32.0 Å². The molecule has 2 N–H and O–H groups in total. The summed E-state index contributed by atoms with van der Waals surface area (Å²) in [6.07, 6.45) is -0.528. The molecule has 35 heavy (non-hydrogen) atoms. The number of benzene rings is 3. The van der Waals surface area contributed by atoms with E-state index in [1.54, 1.807) is 32.0 Å². The SMILES string of the molecule is Cc1ccc(F)cc1NC(=O)CC1C(=O)Nc2ccccc2N1S(=O)(=O)c1ccc(Cl)c(C)c1Cl. The number of carbonyl (C=O) groups is 2. The number of carbonyl (C=O) groups excluding carboxylic acids is 2. The Hall–Kier alpha value is -3.14. The molecule has 0 fully saturated rings. The van der Waals surface area contributed by atoms with Gasteiger partial charge in [0.25, 0.3) is 10.0 Å². The molecule has 0 aromatic heterocycles. The largest absolute Gasteiger partial charge is 0.326 e. The van der Waals surface area contributed by atoms with E-state index < -0.39 is 40.1 Å². The number of anilines is 3. The molecule has 3 aromatic rings. The average Bonchev–Trinajstić information content (AvgIpc) is 2.80. The van der Waals surface area contributed by atoms with Crippen LogP contribution in [0.1, 0.15) is 17.5 Å². The first-order valence-electron chi connectivity index (χ1n) is 10.5. The van der Waals surface area contributed by atoms with E-state index in [0.717, 1.165) is 10.4 Å². The minimum Gasteiger partial charge on any atom is -0.326 e. The molecule has 7 nitrogen and oxygen atoms in total. The maximum Gasteiger partial charge on any atom is 0.266 e. The molecule has 0 saturated heterocycles.